The molecule has 0 aliphatic carbocycles. The largest absolute Gasteiger partial charge is 0.493 e. The van der Waals surface area contributed by atoms with E-state index in [-0.39, 0.29) is 11.8 Å². The summed E-state index contributed by atoms with van der Waals surface area (Å²) in [5.41, 5.74) is 4.81. The van der Waals surface area contributed by atoms with Crippen LogP contribution in [-0.2, 0) is 16.1 Å². The molecule has 28 heavy (non-hydrogen) atoms. The van der Waals surface area contributed by atoms with E-state index < -0.39 is 6.04 Å². The first kappa shape index (κ1) is 19.9. The van der Waals surface area contributed by atoms with Crippen LogP contribution in [-0.4, -0.2) is 18.4 Å². The Balaban J connectivity index is 1.96. The number of anilines is 1. The van der Waals surface area contributed by atoms with Crippen LogP contribution >= 0.6 is 0 Å². The van der Waals surface area contributed by atoms with Gasteiger partial charge in [-0.25, -0.2) is 0 Å². The van der Waals surface area contributed by atoms with Crippen molar-refractivity contribution < 1.29 is 14.3 Å². The number of rotatable bonds is 7. The van der Waals surface area contributed by atoms with Crippen LogP contribution < -0.4 is 15.0 Å². The molecule has 0 saturated carbocycles. The molecule has 1 heterocycles. The molecule has 2 aromatic rings. The van der Waals surface area contributed by atoms with E-state index in [0.717, 1.165) is 46.5 Å². The minimum absolute atomic E-state index is 0.109. The number of benzene rings is 2. The first-order chi connectivity index (χ1) is 13.4. The molecule has 148 valence electrons. The lowest BCUT2D eigenvalue weighted by Gasteiger charge is -2.21. The van der Waals surface area contributed by atoms with Crippen LogP contribution in [0, 0.1) is 13.8 Å². The average Bonchev–Trinajstić information content (AvgIpc) is 2.88. The van der Waals surface area contributed by atoms with Gasteiger partial charge in [0.1, 0.15) is 11.8 Å². The monoisotopic (exact) mass is 380 g/mol. The lowest BCUT2D eigenvalue weighted by Crippen LogP contribution is -2.36. The van der Waals surface area contributed by atoms with Crippen molar-refractivity contribution in [2.24, 2.45) is 0 Å². The number of carbonyl (C=O) groups is 2. The number of amides is 2. The van der Waals surface area contributed by atoms with Crippen LogP contribution in [0.25, 0.3) is 0 Å². The lowest BCUT2D eigenvalue weighted by atomic mass is 10.0. The van der Waals surface area contributed by atoms with Crippen LogP contribution in [0.2, 0.25) is 0 Å². The summed E-state index contributed by atoms with van der Waals surface area (Å²) in [7, 11) is 0. The Labute approximate surface area is 166 Å². The van der Waals surface area contributed by atoms with Crippen molar-refractivity contribution in [1.29, 1.82) is 0 Å². The van der Waals surface area contributed by atoms with Crippen molar-refractivity contribution >= 4 is 17.5 Å². The number of fused-ring (bicyclic) bond motifs is 1. The first-order valence-electron chi connectivity index (χ1n) is 9.82. The number of aryl methyl sites for hydroxylation is 2. The molecule has 0 radical (unpaired) electrons. The summed E-state index contributed by atoms with van der Waals surface area (Å²) < 4.78 is 5.94. The van der Waals surface area contributed by atoms with Gasteiger partial charge >= 0.3 is 0 Å². The van der Waals surface area contributed by atoms with Crippen molar-refractivity contribution in [3.63, 3.8) is 0 Å². The highest BCUT2D eigenvalue weighted by Crippen LogP contribution is 2.40. The fourth-order valence-corrected chi connectivity index (χ4v) is 3.75. The van der Waals surface area contributed by atoms with Gasteiger partial charge in [-0.2, -0.15) is 0 Å². The maximum Gasteiger partial charge on any atom is 0.254 e. The molecule has 5 nitrogen and oxygen atoms in total. The molecule has 1 N–H and O–H groups in total. The highest BCUT2D eigenvalue weighted by Gasteiger charge is 2.39. The summed E-state index contributed by atoms with van der Waals surface area (Å²) in [5.74, 6) is 0.480. The van der Waals surface area contributed by atoms with Gasteiger partial charge in [0, 0.05) is 18.1 Å². The van der Waals surface area contributed by atoms with E-state index in [1.54, 1.807) is 4.90 Å². The standard InChI is InChI=1S/C23H28N2O3/c1-5-6-11-28-20-10-8-7-9-18(20)14-25-22-16(3)12-15(2)13-19(22)21(23(25)27)24-17(4)26/h7-10,12-13,21H,5-6,11,14H2,1-4H3,(H,24,26)/t21-/m1/s1. The van der Waals surface area contributed by atoms with Crippen molar-refractivity contribution in [3.8, 4) is 5.75 Å². The number of nitrogens with zero attached hydrogens (tertiary/aromatic N) is 1. The van der Waals surface area contributed by atoms with Crippen molar-refractivity contribution in [2.75, 3.05) is 11.5 Å². The second-order valence-electron chi connectivity index (χ2n) is 7.39. The van der Waals surface area contributed by atoms with Crippen LogP contribution in [0.5, 0.6) is 5.75 Å². The van der Waals surface area contributed by atoms with Crippen LogP contribution in [0.3, 0.4) is 0 Å². The smallest absolute Gasteiger partial charge is 0.254 e. The van der Waals surface area contributed by atoms with Gasteiger partial charge < -0.3 is 15.0 Å². The molecule has 5 heteroatoms. The van der Waals surface area contributed by atoms with Gasteiger partial charge in [0.15, 0.2) is 0 Å². The molecule has 0 fully saturated rings. The third kappa shape index (κ3) is 4.03. The number of nitrogens with one attached hydrogen (secondary N) is 1. The molecule has 0 saturated heterocycles. The van der Waals surface area contributed by atoms with Crippen LogP contribution in [0.15, 0.2) is 36.4 Å². The molecule has 2 aromatic carbocycles. The van der Waals surface area contributed by atoms with Crippen LogP contribution in [0.4, 0.5) is 5.69 Å². The third-order valence-electron chi connectivity index (χ3n) is 4.97. The van der Waals surface area contributed by atoms with Gasteiger partial charge in [-0.05, 0) is 31.9 Å². The Morgan fingerprint density at radius 1 is 1.21 bits per heavy atom. The zero-order valence-electron chi connectivity index (χ0n) is 17.0. The van der Waals surface area contributed by atoms with E-state index in [2.05, 4.69) is 18.3 Å². The Morgan fingerprint density at radius 3 is 2.68 bits per heavy atom. The van der Waals surface area contributed by atoms with Crippen molar-refractivity contribution in [3.05, 3.63) is 58.7 Å². The molecule has 0 spiro atoms. The summed E-state index contributed by atoms with van der Waals surface area (Å²) in [5, 5.41) is 2.81. The lowest BCUT2D eigenvalue weighted by molar-refractivity contribution is -0.126. The number of carbonyl (C=O) groups excluding carboxylic acids is 2. The van der Waals surface area contributed by atoms with Crippen molar-refractivity contribution in [2.45, 2.75) is 53.1 Å². The van der Waals surface area contributed by atoms with E-state index in [4.69, 9.17) is 4.74 Å². The molecule has 2 amide bonds. The molecule has 0 unspecified atom stereocenters. The number of hydrogen-bond donors (Lipinski definition) is 1. The highest BCUT2D eigenvalue weighted by molar-refractivity contribution is 6.06. The van der Waals surface area contributed by atoms with E-state index in [1.807, 2.05) is 44.2 Å². The van der Waals surface area contributed by atoms with Crippen molar-refractivity contribution in [1.82, 2.24) is 5.32 Å². The number of para-hydroxylation sites is 1. The predicted octanol–water partition coefficient (Wildman–Crippen LogP) is 4.21. The highest BCUT2D eigenvalue weighted by atomic mass is 16.5. The van der Waals surface area contributed by atoms with Gasteiger partial charge in [-0.15, -0.1) is 0 Å². The first-order valence-corrected chi connectivity index (χ1v) is 9.82. The van der Waals surface area contributed by atoms with E-state index in [0.29, 0.717) is 13.2 Å². The number of ether oxygens (including phenoxy) is 1. The molecule has 3 rings (SSSR count). The fraction of sp³-hybridized carbons (Fsp3) is 0.391. The third-order valence-corrected chi connectivity index (χ3v) is 4.97. The second kappa shape index (κ2) is 8.46. The molecule has 0 bridgehead atoms. The average molecular weight is 380 g/mol. The second-order valence-corrected chi connectivity index (χ2v) is 7.39. The number of unbranched alkanes of at least 4 members (excludes halogenated alkanes) is 1. The maximum absolute atomic E-state index is 13.2. The van der Waals surface area contributed by atoms with Gasteiger partial charge in [-0.3, -0.25) is 9.59 Å². The van der Waals surface area contributed by atoms with Gasteiger partial charge in [0.25, 0.3) is 5.91 Å². The Morgan fingerprint density at radius 2 is 1.96 bits per heavy atom. The Hall–Kier alpha value is -2.82. The minimum atomic E-state index is -0.640. The summed E-state index contributed by atoms with van der Waals surface area (Å²) >= 11 is 0. The Kier molecular flexibility index (Phi) is 6.02. The summed E-state index contributed by atoms with van der Waals surface area (Å²) in [6.45, 7) is 8.64. The van der Waals surface area contributed by atoms with E-state index in [9.17, 15) is 9.59 Å². The molecule has 1 aliphatic rings. The van der Waals surface area contributed by atoms with E-state index in [1.165, 1.54) is 6.92 Å². The quantitative estimate of drug-likeness (QED) is 0.732. The molecule has 1 aliphatic heterocycles. The normalized spacial score (nSPS) is 15.5. The van der Waals surface area contributed by atoms with Gasteiger partial charge in [0.05, 0.1) is 18.8 Å². The topological polar surface area (TPSA) is 58.6 Å². The molecular formula is C23H28N2O3. The summed E-state index contributed by atoms with van der Waals surface area (Å²) in [6, 6.07) is 11.3. The van der Waals surface area contributed by atoms with E-state index >= 15 is 0 Å². The predicted molar refractivity (Wildman–Crippen MR) is 111 cm³/mol. The fourth-order valence-electron chi connectivity index (χ4n) is 3.75. The molecular weight excluding hydrogens is 352 g/mol. The number of hydrogen-bond acceptors (Lipinski definition) is 3. The zero-order valence-corrected chi connectivity index (χ0v) is 17.0. The zero-order chi connectivity index (χ0) is 20.3. The Bertz CT molecular complexity index is 891. The summed E-state index contributed by atoms with van der Waals surface area (Å²) in [4.78, 5) is 26.7. The van der Waals surface area contributed by atoms with Gasteiger partial charge in [0.2, 0.25) is 5.91 Å². The molecule has 0 aromatic heterocycles. The summed E-state index contributed by atoms with van der Waals surface area (Å²) in [6.07, 6.45) is 2.06. The SMILES string of the molecule is CCCCOc1ccccc1CN1C(=O)[C@H](NC(C)=O)c2cc(C)cc(C)c21. The molecule has 1 atom stereocenters. The maximum atomic E-state index is 13.2. The minimum Gasteiger partial charge on any atom is -0.493 e. The van der Waals surface area contributed by atoms with Gasteiger partial charge in [-0.1, -0.05) is 49.2 Å². The van der Waals surface area contributed by atoms with Crippen LogP contribution in [0.1, 0.15) is 55.0 Å².